The Balaban J connectivity index is 1.95. The first kappa shape index (κ1) is 26.4. The number of carbonyl (C=O) groups excluding carboxylic acids is 2. The largest absolute Gasteiger partial charge is 0.507 e. The summed E-state index contributed by atoms with van der Waals surface area (Å²) in [6.45, 7) is 2.53. The van der Waals surface area contributed by atoms with Crippen LogP contribution in [0.3, 0.4) is 0 Å². The average molecular weight is 520 g/mol. The van der Waals surface area contributed by atoms with Gasteiger partial charge in [0.25, 0.3) is 11.7 Å². The summed E-state index contributed by atoms with van der Waals surface area (Å²) in [4.78, 5) is 28.0. The van der Waals surface area contributed by atoms with Crippen LogP contribution >= 0.6 is 0 Å². The lowest BCUT2D eigenvalue weighted by molar-refractivity contribution is -0.132. The number of ether oxygens (including phenoxy) is 4. The zero-order chi connectivity index (χ0) is 27.4. The number of Topliss-reactive ketones (excluding diaryl/α,β-unsaturated/α-hetero) is 1. The van der Waals surface area contributed by atoms with Crippen LogP contribution in [0.5, 0.6) is 28.7 Å². The number of para-hydroxylation sites is 2. The van der Waals surface area contributed by atoms with Crippen molar-refractivity contribution >= 4 is 23.1 Å². The Morgan fingerprint density at radius 2 is 1.55 bits per heavy atom. The first-order valence-corrected chi connectivity index (χ1v) is 12.0. The monoisotopic (exact) mass is 519 g/mol. The van der Waals surface area contributed by atoms with E-state index in [0.717, 1.165) is 11.3 Å². The van der Waals surface area contributed by atoms with Crippen LogP contribution in [0.1, 0.15) is 30.5 Å². The van der Waals surface area contributed by atoms with Crippen LogP contribution in [0.15, 0.2) is 66.2 Å². The van der Waals surface area contributed by atoms with Crippen LogP contribution in [-0.2, 0) is 9.59 Å². The molecule has 1 aliphatic heterocycles. The number of rotatable bonds is 9. The normalized spacial score (nSPS) is 16.4. The van der Waals surface area contributed by atoms with E-state index < -0.39 is 17.7 Å². The molecular formula is C29H29NO8. The van der Waals surface area contributed by atoms with Crippen LogP contribution in [0.25, 0.3) is 5.76 Å². The fraction of sp³-hybridized carbons (Fsp3) is 0.241. The molecule has 1 saturated heterocycles. The predicted molar refractivity (Wildman–Crippen MR) is 141 cm³/mol. The Hall–Kier alpha value is -4.66. The van der Waals surface area contributed by atoms with Gasteiger partial charge >= 0.3 is 0 Å². The number of phenols is 1. The van der Waals surface area contributed by atoms with Crippen LogP contribution in [-0.4, -0.2) is 49.8 Å². The molecule has 0 aliphatic carbocycles. The Bertz CT molecular complexity index is 1350. The predicted octanol–water partition coefficient (Wildman–Crippen LogP) is 4.83. The van der Waals surface area contributed by atoms with Crippen molar-refractivity contribution in [3.63, 3.8) is 0 Å². The van der Waals surface area contributed by atoms with E-state index in [4.69, 9.17) is 18.9 Å². The maximum absolute atomic E-state index is 13.4. The average Bonchev–Trinajstić information content (AvgIpc) is 3.20. The summed E-state index contributed by atoms with van der Waals surface area (Å²) < 4.78 is 22.0. The van der Waals surface area contributed by atoms with Crippen molar-refractivity contribution in [2.45, 2.75) is 19.4 Å². The molecule has 1 atom stereocenters. The minimum atomic E-state index is -1.12. The lowest BCUT2D eigenvalue weighted by atomic mass is 9.94. The van der Waals surface area contributed by atoms with Gasteiger partial charge in [-0.05, 0) is 60.5 Å². The van der Waals surface area contributed by atoms with Crippen molar-refractivity contribution in [1.29, 1.82) is 0 Å². The molecule has 198 valence electrons. The molecule has 1 aliphatic rings. The van der Waals surface area contributed by atoms with E-state index in [2.05, 4.69) is 0 Å². The van der Waals surface area contributed by atoms with Crippen molar-refractivity contribution in [3.8, 4) is 28.7 Å². The highest BCUT2D eigenvalue weighted by molar-refractivity contribution is 6.52. The number of phenolic OH excluding ortho intramolecular Hbond substituents is 1. The molecule has 9 heteroatoms. The standard InChI is InChI=1S/C29H29NO8/c1-5-14-38-19-12-10-17(11-13-19)26(32)24-25(18-15-22(35-2)28(37-4)23(16-18)36-3)30(29(34)27(24)33)20-8-6-7-9-21(20)31/h6-13,15-16,25,31-32H,5,14H2,1-4H3/b26-24+. The van der Waals surface area contributed by atoms with Crippen molar-refractivity contribution < 1.29 is 38.7 Å². The summed E-state index contributed by atoms with van der Waals surface area (Å²) in [6.07, 6.45) is 0.840. The van der Waals surface area contributed by atoms with Crippen LogP contribution in [0.4, 0.5) is 5.69 Å². The smallest absolute Gasteiger partial charge is 0.300 e. The maximum atomic E-state index is 13.4. The van der Waals surface area contributed by atoms with Gasteiger partial charge < -0.3 is 29.2 Å². The van der Waals surface area contributed by atoms with Gasteiger partial charge in [-0.3, -0.25) is 14.5 Å². The number of ketones is 1. The summed E-state index contributed by atoms with van der Waals surface area (Å²) in [5, 5.41) is 22.0. The number of hydrogen-bond donors (Lipinski definition) is 2. The SMILES string of the molecule is CCCOc1ccc(/C(O)=C2\C(=O)C(=O)N(c3ccccc3O)C2c2cc(OC)c(OC)c(OC)c2)cc1. The summed E-state index contributed by atoms with van der Waals surface area (Å²) in [5.74, 6) is -0.874. The molecule has 1 fully saturated rings. The number of aliphatic hydroxyl groups excluding tert-OH is 1. The third-order valence-corrected chi connectivity index (χ3v) is 6.19. The molecule has 38 heavy (non-hydrogen) atoms. The van der Waals surface area contributed by atoms with Gasteiger partial charge in [-0.25, -0.2) is 0 Å². The highest BCUT2D eigenvalue weighted by Crippen LogP contribution is 2.48. The zero-order valence-corrected chi connectivity index (χ0v) is 21.6. The molecule has 0 radical (unpaired) electrons. The highest BCUT2D eigenvalue weighted by Gasteiger charge is 2.48. The Morgan fingerprint density at radius 1 is 0.921 bits per heavy atom. The number of carbonyl (C=O) groups is 2. The van der Waals surface area contributed by atoms with Crippen molar-refractivity contribution in [2.75, 3.05) is 32.8 Å². The molecule has 0 saturated carbocycles. The van der Waals surface area contributed by atoms with Crippen molar-refractivity contribution in [3.05, 3.63) is 77.4 Å². The van der Waals surface area contributed by atoms with E-state index in [9.17, 15) is 19.8 Å². The minimum Gasteiger partial charge on any atom is -0.507 e. The van der Waals surface area contributed by atoms with E-state index in [1.165, 1.54) is 33.5 Å². The van der Waals surface area contributed by atoms with E-state index in [1.807, 2.05) is 6.92 Å². The number of methoxy groups -OCH3 is 3. The number of aliphatic hydroxyl groups is 1. The molecule has 0 spiro atoms. The third kappa shape index (κ3) is 4.70. The number of hydrogen-bond acceptors (Lipinski definition) is 8. The molecule has 0 bridgehead atoms. The van der Waals surface area contributed by atoms with Crippen LogP contribution in [0.2, 0.25) is 0 Å². The van der Waals surface area contributed by atoms with Crippen molar-refractivity contribution in [2.24, 2.45) is 0 Å². The summed E-state index contributed by atoms with van der Waals surface area (Å²) in [7, 11) is 4.36. The van der Waals surface area contributed by atoms with Gasteiger partial charge in [-0.1, -0.05) is 19.1 Å². The minimum absolute atomic E-state index is 0.107. The highest BCUT2D eigenvalue weighted by atomic mass is 16.5. The Labute approximate surface area is 220 Å². The van der Waals surface area contributed by atoms with Gasteiger partial charge in [-0.2, -0.15) is 0 Å². The van der Waals surface area contributed by atoms with Gasteiger partial charge in [0.2, 0.25) is 5.75 Å². The first-order valence-electron chi connectivity index (χ1n) is 12.0. The number of aromatic hydroxyl groups is 1. The molecule has 1 unspecified atom stereocenters. The number of nitrogens with zero attached hydrogens (tertiary/aromatic N) is 1. The molecule has 1 heterocycles. The van der Waals surface area contributed by atoms with Gasteiger partial charge in [0, 0.05) is 5.56 Å². The molecule has 0 aromatic heterocycles. The van der Waals surface area contributed by atoms with E-state index >= 15 is 0 Å². The number of anilines is 1. The summed E-state index contributed by atoms with van der Waals surface area (Å²) >= 11 is 0. The van der Waals surface area contributed by atoms with E-state index in [0.29, 0.717) is 40.7 Å². The molecule has 1 amide bonds. The molecule has 3 aromatic rings. The second-order valence-corrected chi connectivity index (χ2v) is 8.49. The topological polar surface area (TPSA) is 115 Å². The Kier molecular flexibility index (Phi) is 7.76. The number of amides is 1. The quantitative estimate of drug-likeness (QED) is 0.235. The summed E-state index contributed by atoms with van der Waals surface area (Å²) in [5.41, 5.74) is 0.665. The third-order valence-electron chi connectivity index (χ3n) is 6.19. The van der Waals surface area contributed by atoms with Gasteiger partial charge in [-0.15, -0.1) is 0 Å². The van der Waals surface area contributed by atoms with Gasteiger partial charge in [0.05, 0.1) is 45.2 Å². The zero-order valence-electron chi connectivity index (χ0n) is 21.6. The molecule has 9 nitrogen and oxygen atoms in total. The molecule has 2 N–H and O–H groups in total. The van der Waals surface area contributed by atoms with Crippen LogP contribution in [0, 0.1) is 0 Å². The molecule has 4 rings (SSSR count). The number of benzene rings is 3. The fourth-order valence-corrected chi connectivity index (χ4v) is 4.41. The maximum Gasteiger partial charge on any atom is 0.300 e. The van der Waals surface area contributed by atoms with Crippen molar-refractivity contribution in [1.82, 2.24) is 0 Å². The van der Waals surface area contributed by atoms with Gasteiger partial charge in [0.15, 0.2) is 11.5 Å². The van der Waals surface area contributed by atoms with E-state index in [-0.39, 0.29) is 22.8 Å². The molecular weight excluding hydrogens is 490 g/mol. The Morgan fingerprint density at radius 3 is 2.11 bits per heavy atom. The lowest BCUT2D eigenvalue weighted by Crippen LogP contribution is -2.29. The fourth-order valence-electron chi connectivity index (χ4n) is 4.41. The lowest BCUT2D eigenvalue weighted by Gasteiger charge is -2.27. The van der Waals surface area contributed by atoms with E-state index in [1.54, 1.807) is 48.5 Å². The van der Waals surface area contributed by atoms with Crippen LogP contribution < -0.4 is 23.8 Å². The van der Waals surface area contributed by atoms with Gasteiger partial charge in [0.1, 0.15) is 17.3 Å². The second-order valence-electron chi connectivity index (χ2n) is 8.49. The first-order chi connectivity index (χ1) is 18.4. The second kappa shape index (κ2) is 11.2. The molecule has 3 aromatic carbocycles. The summed E-state index contributed by atoms with van der Waals surface area (Å²) in [6, 6.07) is 14.8.